The highest BCUT2D eigenvalue weighted by atomic mass is 32.1. The van der Waals surface area contributed by atoms with E-state index in [4.69, 9.17) is 0 Å². The molecule has 1 saturated carbocycles. The predicted octanol–water partition coefficient (Wildman–Crippen LogP) is 3.02. The third-order valence-corrected chi connectivity index (χ3v) is 5.80. The number of anilines is 1. The molecule has 3 rings (SSSR count). The molecule has 110 valence electrons. The van der Waals surface area contributed by atoms with Crippen LogP contribution in [0.1, 0.15) is 44.2 Å². The van der Waals surface area contributed by atoms with Gasteiger partial charge in [-0.2, -0.15) is 0 Å². The van der Waals surface area contributed by atoms with E-state index in [-0.39, 0.29) is 12.4 Å². The van der Waals surface area contributed by atoms with E-state index < -0.39 is 0 Å². The molecule has 0 radical (unpaired) electrons. The molecular weight excluding hydrogens is 272 g/mol. The van der Waals surface area contributed by atoms with Gasteiger partial charge in [-0.3, -0.25) is 4.79 Å². The maximum absolute atomic E-state index is 11.3. The lowest BCUT2D eigenvalue weighted by atomic mass is 9.77. The normalized spacial score (nSPS) is 21.4. The van der Waals surface area contributed by atoms with Crippen LogP contribution in [-0.2, 0) is 16.0 Å². The van der Waals surface area contributed by atoms with Crippen molar-refractivity contribution in [3.63, 3.8) is 0 Å². The Morgan fingerprint density at radius 1 is 1.35 bits per heavy atom. The summed E-state index contributed by atoms with van der Waals surface area (Å²) in [6.45, 7) is 2.23. The number of methoxy groups -OCH3 is 1. The molecule has 0 bridgehead atoms. The van der Waals surface area contributed by atoms with E-state index in [0.29, 0.717) is 5.41 Å². The Hall–Kier alpha value is -1.10. The zero-order valence-electron chi connectivity index (χ0n) is 12.1. The van der Waals surface area contributed by atoms with E-state index >= 15 is 0 Å². The Kier molecular flexibility index (Phi) is 3.96. The maximum atomic E-state index is 11.3. The molecule has 1 aromatic rings. The molecule has 2 heterocycles. The zero-order valence-corrected chi connectivity index (χ0v) is 12.9. The van der Waals surface area contributed by atoms with Crippen molar-refractivity contribution in [2.45, 2.75) is 44.9 Å². The summed E-state index contributed by atoms with van der Waals surface area (Å²) in [5, 5.41) is 3.04. The molecule has 1 spiro atoms. The fraction of sp³-hybridized carbons (Fsp3) is 0.733. The van der Waals surface area contributed by atoms with E-state index in [0.717, 1.165) is 23.9 Å². The van der Waals surface area contributed by atoms with Gasteiger partial charge in [0.15, 0.2) is 5.13 Å². The number of piperidine rings is 1. The summed E-state index contributed by atoms with van der Waals surface area (Å²) >= 11 is 1.65. The number of rotatable bonds is 3. The Balaban J connectivity index is 1.59. The number of thiazole rings is 1. The smallest absolute Gasteiger partial charge is 0.311 e. The fourth-order valence-corrected chi connectivity index (χ4v) is 4.42. The minimum atomic E-state index is -0.217. The molecule has 4 nitrogen and oxygen atoms in total. The van der Waals surface area contributed by atoms with Gasteiger partial charge in [0, 0.05) is 18.5 Å². The van der Waals surface area contributed by atoms with Crippen LogP contribution in [0.15, 0.2) is 5.38 Å². The zero-order chi connectivity index (χ0) is 14.0. The first-order chi connectivity index (χ1) is 9.71. The molecule has 0 unspecified atom stereocenters. The van der Waals surface area contributed by atoms with E-state index in [2.05, 4.69) is 14.6 Å². The van der Waals surface area contributed by atoms with Crippen LogP contribution in [-0.4, -0.2) is 31.2 Å². The van der Waals surface area contributed by atoms with Gasteiger partial charge in [0.25, 0.3) is 0 Å². The number of aromatic nitrogens is 1. The molecule has 0 atom stereocenters. The van der Waals surface area contributed by atoms with Crippen LogP contribution in [0.25, 0.3) is 0 Å². The van der Waals surface area contributed by atoms with Gasteiger partial charge in [-0.25, -0.2) is 4.98 Å². The van der Waals surface area contributed by atoms with Crippen molar-refractivity contribution in [2.24, 2.45) is 5.41 Å². The third kappa shape index (κ3) is 2.82. The largest absolute Gasteiger partial charge is 0.469 e. The van der Waals surface area contributed by atoms with Crippen LogP contribution < -0.4 is 4.90 Å². The lowest BCUT2D eigenvalue weighted by molar-refractivity contribution is -0.139. The summed E-state index contributed by atoms with van der Waals surface area (Å²) in [7, 11) is 1.42. The first kappa shape index (κ1) is 13.9. The SMILES string of the molecule is COC(=O)Cc1csc(N2CCC3(CCCC3)CC2)n1. The van der Waals surface area contributed by atoms with Crippen LogP contribution in [0.3, 0.4) is 0 Å². The maximum Gasteiger partial charge on any atom is 0.311 e. The number of hydrogen-bond donors (Lipinski definition) is 0. The van der Waals surface area contributed by atoms with Crippen molar-refractivity contribution in [1.29, 1.82) is 0 Å². The number of carbonyl (C=O) groups is 1. The summed E-state index contributed by atoms with van der Waals surface area (Å²) in [4.78, 5) is 18.2. The van der Waals surface area contributed by atoms with E-state index in [9.17, 15) is 4.79 Å². The van der Waals surface area contributed by atoms with Crippen LogP contribution in [0, 0.1) is 5.41 Å². The molecule has 1 saturated heterocycles. The van der Waals surface area contributed by atoms with E-state index in [1.165, 1.54) is 45.6 Å². The van der Waals surface area contributed by atoms with Gasteiger partial charge < -0.3 is 9.64 Å². The topological polar surface area (TPSA) is 42.4 Å². The molecule has 2 aliphatic rings. The van der Waals surface area contributed by atoms with Crippen molar-refractivity contribution in [3.05, 3.63) is 11.1 Å². The summed E-state index contributed by atoms with van der Waals surface area (Å²) in [5.41, 5.74) is 1.47. The minimum absolute atomic E-state index is 0.217. The molecule has 1 aliphatic carbocycles. The molecule has 0 aromatic carbocycles. The average molecular weight is 294 g/mol. The second-order valence-electron chi connectivity index (χ2n) is 6.07. The highest BCUT2D eigenvalue weighted by Crippen LogP contribution is 2.46. The van der Waals surface area contributed by atoms with Crippen LogP contribution >= 0.6 is 11.3 Å². The second-order valence-corrected chi connectivity index (χ2v) is 6.91. The number of carbonyl (C=O) groups excluding carboxylic acids is 1. The average Bonchev–Trinajstić information content (AvgIpc) is 3.10. The molecule has 20 heavy (non-hydrogen) atoms. The predicted molar refractivity (Wildman–Crippen MR) is 80.2 cm³/mol. The summed E-state index contributed by atoms with van der Waals surface area (Å²) in [6.07, 6.45) is 8.57. The number of ether oxygens (including phenoxy) is 1. The van der Waals surface area contributed by atoms with Gasteiger partial charge >= 0.3 is 5.97 Å². The van der Waals surface area contributed by atoms with E-state index in [1.54, 1.807) is 11.3 Å². The molecule has 2 fully saturated rings. The number of nitrogens with zero attached hydrogens (tertiary/aromatic N) is 2. The van der Waals surface area contributed by atoms with Crippen LogP contribution in [0.2, 0.25) is 0 Å². The first-order valence-corrected chi connectivity index (χ1v) is 8.35. The van der Waals surface area contributed by atoms with Crippen molar-refractivity contribution >= 4 is 22.4 Å². The fourth-order valence-electron chi connectivity index (χ4n) is 3.54. The monoisotopic (exact) mass is 294 g/mol. The lowest BCUT2D eigenvalue weighted by Crippen LogP contribution is -2.38. The quantitative estimate of drug-likeness (QED) is 0.804. The van der Waals surface area contributed by atoms with Gasteiger partial charge in [0.2, 0.25) is 0 Å². The summed E-state index contributed by atoms with van der Waals surface area (Å²) < 4.78 is 4.68. The number of hydrogen-bond acceptors (Lipinski definition) is 5. The molecule has 1 aliphatic heterocycles. The highest BCUT2D eigenvalue weighted by Gasteiger charge is 2.37. The van der Waals surface area contributed by atoms with Gasteiger partial charge in [-0.05, 0) is 31.1 Å². The van der Waals surface area contributed by atoms with Crippen molar-refractivity contribution in [2.75, 3.05) is 25.1 Å². The molecular formula is C15H22N2O2S. The Morgan fingerprint density at radius 3 is 2.70 bits per heavy atom. The van der Waals surface area contributed by atoms with Gasteiger partial charge in [-0.1, -0.05) is 12.8 Å². The van der Waals surface area contributed by atoms with Gasteiger partial charge in [0.1, 0.15) is 0 Å². The molecule has 0 amide bonds. The van der Waals surface area contributed by atoms with Crippen molar-refractivity contribution < 1.29 is 9.53 Å². The standard InChI is InChI=1S/C15H22N2O2S/c1-19-13(18)10-12-11-20-14(16-12)17-8-6-15(7-9-17)4-2-3-5-15/h11H,2-10H2,1H3. The molecule has 5 heteroatoms. The first-order valence-electron chi connectivity index (χ1n) is 7.47. The van der Waals surface area contributed by atoms with Crippen molar-refractivity contribution in [3.8, 4) is 0 Å². The van der Waals surface area contributed by atoms with Gasteiger partial charge in [0.05, 0.1) is 19.2 Å². The third-order valence-electron chi connectivity index (χ3n) is 4.85. The minimum Gasteiger partial charge on any atom is -0.469 e. The van der Waals surface area contributed by atoms with E-state index in [1.807, 2.05) is 5.38 Å². The van der Waals surface area contributed by atoms with Gasteiger partial charge in [-0.15, -0.1) is 11.3 Å². The Labute approximate surface area is 124 Å². The summed E-state index contributed by atoms with van der Waals surface area (Å²) in [5.74, 6) is -0.217. The Bertz CT molecular complexity index is 470. The van der Waals surface area contributed by atoms with Crippen LogP contribution in [0.5, 0.6) is 0 Å². The van der Waals surface area contributed by atoms with Crippen molar-refractivity contribution in [1.82, 2.24) is 4.98 Å². The number of esters is 1. The summed E-state index contributed by atoms with van der Waals surface area (Å²) in [6, 6.07) is 0. The molecule has 1 aromatic heterocycles. The Morgan fingerprint density at radius 2 is 2.05 bits per heavy atom. The second kappa shape index (κ2) is 5.72. The molecule has 0 N–H and O–H groups in total. The lowest BCUT2D eigenvalue weighted by Gasteiger charge is -2.39. The van der Waals surface area contributed by atoms with Crippen LogP contribution in [0.4, 0.5) is 5.13 Å². The highest BCUT2D eigenvalue weighted by molar-refractivity contribution is 7.13.